The number of carbonyl (C=O) groups excluding carboxylic acids is 4. The average Bonchev–Trinajstić information content (AvgIpc) is 3.26. The number of hydrogen-bond acceptors (Lipinski definition) is 6. The summed E-state index contributed by atoms with van der Waals surface area (Å²) in [6.45, 7) is -0.575. The fourth-order valence-electron chi connectivity index (χ4n) is 3.34. The van der Waals surface area contributed by atoms with Gasteiger partial charge in [0.05, 0.1) is 5.69 Å². The normalized spacial score (nSPS) is 19.3. The molecule has 2 N–H and O–H groups in total. The number of anilines is 1. The van der Waals surface area contributed by atoms with Crippen LogP contribution in [-0.2, 0) is 19.1 Å². The predicted octanol–water partition coefficient (Wildman–Crippen LogP) is 1.62. The van der Waals surface area contributed by atoms with Crippen molar-refractivity contribution >= 4 is 41.1 Å². The molecule has 2 heterocycles. The maximum Gasteiger partial charge on any atom is 0.344 e. The molecule has 3 amide bonds. The quantitative estimate of drug-likeness (QED) is 0.585. The van der Waals surface area contributed by atoms with Crippen LogP contribution < -0.4 is 15.8 Å². The van der Waals surface area contributed by atoms with Crippen LogP contribution in [0.3, 0.4) is 0 Å². The molecule has 29 heavy (non-hydrogen) atoms. The zero-order chi connectivity index (χ0) is 20.4. The molecule has 2 aromatic rings. The van der Waals surface area contributed by atoms with Crippen LogP contribution in [0.4, 0.5) is 5.69 Å². The number of hydrogen-bond donors (Lipinski definition) is 2. The van der Waals surface area contributed by atoms with Crippen LogP contribution in [0.25, 0.3) is 0 Å². The molecule has 1 saturated heterocycles. The van der Waals surface area contributed by atoms with Crippen LogP contribution in [0, 0.1) is 0 Å². The number of nitrogens with zero attached hydrogens (tertiary/aromatic N) is 1. The zero-order valence-electron chi connectivity index (χ0n) is 15.2. The summed E-state index contributed by atoms with van der Waals surface area (Å²) < 4.78 is 5.19. The van der Waals surface area contributed by atoms with Crippen molar-refractivity contribution in [1.82, 2.24) is 10.9 Å². The van der Waals surface area contributed by atoms with Crippen molar-refractivity contribution < 1.29 is 23.9 Å². The van der Waals surface area contributed by atoms with E-state index in [0.717, 1.165) is 4.90 Å². The van der Waals surface area contributed by atoms with Gasteiger partial charge in [0.15, 0.2) is 11.5 Å². The third-order valence-electron chi connectivity index (χ3n) is 4.68. The monoisotopic (exact) mass is 411 g/mol. The number of fused-ring (bicyclic) bond motifs is 3. The first kappa shape index (κ1) is 19.0. The summed E-state index contributed by atoms with van der Waals surface area (Å²) in [4.78, 5) is 50.2. The molecule has 0 saturated carbocycles. The number of hydrazine groups is 1. The molecule has 9 heteroatoms. The van der Waals surface area contributed by atoms with E-state index < -0.39 is 29.3 Å². The number of nitrogens with one attached hydrogen (secondary N) is 2. The molecular formula is C20H17N3O5S. The van der Waals surface area contributed by atoms with Gasteiger partial charge in [0.1, 0.15) is 0 Å². The van der Waals surface area contributed by atoms with Gasteiger partial charge in [-0.15, -0.1) is 0 Å². The summed E-state index contributed by atoms with van der Waals surface area (Å²) in [5.41, 5.74) is 5.52. The summed E-state index contributed by atoms with van der Waals surface area (Å²) in [7, 11) is 0. The topological polar surface area (TPSA) is 105 Å². The van der Waals surface area contributed by atoms with Gasteiger partial charge < -0.3 is 4.74 Å². The fourth-order valence-corrected chi connectivity index (χ4v) is 4.75. The molecule has 0 radical (unpaired) electrons. The highest BCUT2D eigenvalue weighted by Gasteiger charge is 2.58. The number of para-hydroxylation sites is 1. The maximum absolute atomic E-state index is 12.8. The van der Waals surface area contributed by atoms with Crippen LogP contribution in [0.15, 0.2) is 59.5 Å². The molecule has 2 aliphatic heterocycles. The molecule has 1 fully saturated rings. The summed E-state index contributed by atoms with van der Waals surface area (Å²) in [6.07, 6.45) is 0.534. The summed E-state index contributed by atoms with van der Waals surface area (Å²) in [6, 6.07) is 15.6. The predicted molar refractivity (Wildman–Crippen MR) is 105 cm³/mol. The van der Waals surface area contributed by atoms with Crippen molar-refractivity contribution in [2.45, 2.75) is 22.6 Å². The summed E-state index contributed by atoms with van der Waals surface area (Å²) in [5, 5.41) is 0. The molecule has 0 aliphatic carbocycles. The molecular weight excluding hydrogens is 394 g/mol. The Morgan fingerprint density at radius 2 is 1.76 bits per heavy atom. The molecule has 2 aliphatic rings. The lowest BCUT2D eigenvalue weighted by molar-refractivity contribution is -0.151. The minimum Gasteiger partial charge on any atom is -0.453 e. The molecule has 4 rings (SSSR count). The summed E-state index contributed by atoms with van der Waals surface area (Å²) >= 11 is 1.26. The lowest BCUT2D eigenvalue weighted by atomic mass is 10.2. The molecule has 0 aromatic heterocycles. The molecule has 1 atom stereocenters. The van der Waals surface area contributed by atoms with Crippen molar-refractivity contribution in [2.24, 2.45) is 0 Å². The van der Waals surface area contributed by atoms with Crippen molar-refractivity contribution in [2.75, 3.05) is 11.5 Å². The lowest BCUT2D eigenvalue weighted by Crippen LogP contribution is -2.49. The largest absolute Gasteiger partial charge is 0.453 e. The number of carbonyl (C=O) groups is 4. The van der Waals surface area contributed by atoms with Crippen LogP contribution in [0.1, 0.15) is 23.2 Å². The second-order valence-corrected chi connectivity index (χ2v) is 7.85. The molecule has 0 spiro atoms. The van der Waals surface area contributed by atoms with E-state index in [1.54, 1.807) is 42.5 Å². The first-order valence-electron chi connectivity index (χ1n) is 8.94. The first-order chi connectivity index (χ1) is 14.0. The molecule has 0 bridgehead atoms. The van der Waals surface area contributed by atoms with Gasteiger partial charge in [-0.05, 0) is 24.3 Å². The number of benzene rings is 2. The summed E-state index contributed by atoms with van der Waals surface area (Å²) in [5.74, 6) is -1.98. The first-order valence-corrected chi connectivity index (χ1v) is 9.75. The Morgan fingerprint density at radius 3 is 2.55 bits per heavy atom. The Labute approximate surface area is 170 Å². The van der Waals surface area contributed by atoms with Crippen LogP contribution >= 0.6 is 11.8 Å². The highest BCUT2D eigenvalue weighted by atomic mass is 32.2. The second kappa shape index (κ2) is 7.59. The number of amides is 3. The Bertz CT molecular complexity index is 997. The van der Waals surface area contributed by atoms with E-state index in [9.17, 15) is 19.2 Å². The van der Waals surface area contributed by atoms with Crippen molar-refractivity contribution in [3.8, 4) is 0 Å². The van der Waals surface area contributed by atoms with Gasteiger partial charge in [-0.3, -0.25) is 30.1 Å². The minimum absolute atomic E-state index is 0.154. The van der Waals surface area contributed by atoms with Crippen LogP contribution in [0.2, 0.25) is 0 Å². The highest BCUT2D eigenvalue weighted by molar-refractivity contribution is 8.02. The van der Waals surface area contributed by atoms with Crippen LogP contribution in [0.5, 0.6) is 0 Å². The van der Waals surface area contributed by atoms with E-state index >= 15 is 0 Å². The van der Waals surface area contributed by atoms with E-state index in [4.69, 9.17) is 4.74 Å². The smallest absolute Gasteiger partial charge is 0.344 e. The van der Waals surface area contributed by atoms with Crippen molar-refractivity contribution in [3.63, 3.8) is 0 Å². The van der Waals surface area contributed by atoms with Crippen LogP contribution in [-0.4, -0.2) is 35.2 Å². The van der Waals surface area contributed by atoms with E-state index in [1.807, 2.05) is 12.1 Å². The van der Waals surface area contributed by atoms with Crippen molar-refractivity contribution in [3.05, 3.63) is 60.2 Å². The average molecular weight is 411 g/mol. The van der Waals surface area contributed by atoms with Gasteiger partial charge in [0, 0.05) is 23.3 Å². The highest BCUT2D eigenvalue weighted by Crippen LogP contribution is 2.56. The molecule has 8 nitrogen and oxygen atoms in total. The van der Waals surface area contributed by atoms with Gasteiger partial charge in [-0.1, -0.05) is 42.1 Å². The van der Waals surface area contributed by atoms with E-state index in [0.29, 0.717) is 17.7 Å². The number of thioether (sulfide) groups is 1. The minimum atomic E-state index is -1.19. The Morgan fingerprint density at radius 1 is 1.03 bits per heavy atom. The zero-order valence-corrected chi connectivity index (χ0v) is 16.0. The third-order valence-corrected chi connectivity index (χ3v) is 6.13. The van der Waals surface area contributed by atoms with E-state index in [-0.39, 0.29) is 12.3 Å². The van der Waals surface area contributed by atoms with Gasteiger partial charge in [-0.25, -0.2) is 4.79 Å². The third kappa shape index (κ3) is 3.44. The van der Waals surface area contributed by atoms with Gasteiger partial charge in [0.2, 0.25) is 5.91 Å². The number of esters is 1. The number of ether oxygens (including phenoxy) is 1. The molecule has 148 valence electrons. The van der Waals surface area contributed by atoms with E-state index in [1.165, 1.54) is 16.7 Å². The Balaban J connectivity index is 1.36. The maximum atomic E-state index is 12.8. The fraction of sp³-hybridized carbons (Fsp3) is 0.200. The number of rotatable bonds is 4. The Hall–Kier alpha value is -3.33. The van der Waals surface area contributed by atoms with Gasteiger partial charge >= 0.3 is 5.97 Å². The van der Waals surface area contributed by atoms with E-state index in [2.05, 4.69) is 10.9 Å². The SMILES string of the molecule is O=C(COC(=O)[C@@]12CCC(=O)N1c1ccccc1S2)NNC(=O)c1ccccc1. The van der Waals surface area contributed by atoms with Gasteiger partial charge in [-0.2, -0.15) is 0 Å². The standard InChI is InChI=1S/C20H17N3O5S/c24-16(21-22-18(26)13-6-2-1-3-7-13)12-28-19(27)20-11-10-17(25)23(20)14-8-4-5-9-15(14)29-20/h1-9H,10-12H2,(H,21,24)(H,22,26)/t20-/m0/s1. The van der Waals surface area contributed by atoms with Crippen molar-refractivity contribution in [1.29, 1.82) is 0 Å². The Kier molecular flexibility index (Phi) is 4.98. The lowest BCUT2D eigenvalue weighted by Gasteiger charge is -2.28. The second-order valence-electron chi connectivity index (χ2n) is 6.53. The molecule has 0 unspecified atom stereocenters. The molecule has 2 aromatic carbocycles. The van der Waals surface area contributed by atoms with Gasteiger partial charge in [0.25, 0.3) is 11.8 Å².